The molecule has 23 heavy (non-hydrogen) atoms. The molecule has 2 aromatic heterocycles. The zero-order valence-corrected chi connectivity index (χ0v) is 15.5. The van der Waals surface area contributed by atoms with E-state index in [9.17, 15) is 4.79 Å². The van der Waals surface area contributed by atoms with Gasteiger partial charge in [-0.15, -0.1) is 11.3 Å². The van der Waals surface area contributed by atoms with Crippen molar-refractivity contribution in [3.05, 3.63) is 73.0 Å². The first-order valence-corrected chi connectivity index (χ1v) is 9.50. The van der Waals surface area contributed by atoms with Crippen LogP contribution in [-0.2, 0) is 0 Å². The molecule has 118 valence electrons. The van der Waals surface area contributed by atoms with Crippen LogP contribution in [0.15, 0.2) is 57.0 Å². The predicted molar refractivity (Wildman–Crippen MR) is 98.6 cm³/mol. The Labute approximate surface area is 151 Å². The highest BCUT2D eigenvalue weighted by Gasteiger charge is 2.20. The highest BCUT2D eigenvalue weighted by molar-refractivity contribution is 9.10. The highest BCUT2D eigenvalue weighted by atomic mass is 79.9. The van der Waals surface area contributed by atoms with Crippen LogP contribution in [0.5, 0.6) is 5.75 Å². The first-order chi connectivity index (χ1) is 11.2. The number of benzene rings is 1. The van der Waals surface area contributed by atoms with Gasteiger partial charge in [-0.05, 0) is 68.0 Å². The number of thiophene rings is 2. The molecule has 1 aromatic carbocycles. The molecule has 3 rings (SSSR count). The number of hydrogen-bond donors (Lipinski definition) is 1. The summed E-state index contributed by atoms with van der Waals surface area (Å²) >= 11 is 6.69. The number of amides is 1. The molecule has 0 radical (unpaired) electrons. The SMILES string of the molecule is COc1ccc(Br)c(C(=O)N[C@H](c2ccsc2)c2cccs2)c1. The quantitative estimate of drug-likeness (QED) is 0.638. The van der Waals surface area contributed by atoms with Gasteiger partial charge in [0.25, 0.3) is 5.91 Å². The summed E-state index contributed by atoms with van der Waals surface area (Å²) in [6.45, 7) is 0. The lowest BCUT2D eigenvalue weighted by molar-refractivity contribution is 0.0942. The maximum absolute atomic E-state index is 12.7. The van der Waals surface area contributed by atoms with Gasteiger partial charge in [0.2, 0.25) is 0 Å². The van der Waals surface area contributed by atoms with Crippen molar-refractivity contribution in [1.29, 1.82) is 0 Å². The Balaban J connectivity index is 1.90. The van der Waals surface area contributed by atoms with Crippen molar-refractivity contribution in [2.24, 2.45) is 0 Å². The van der Waals surface area contributed by atoms with Gasteiger partial charge in [-0.2, -0.15) is 11.3 Å². The van der Waals surface area contributed by atoms with Crippen molar-refractivity contribution in [3.63, 3.8) is 0 Å². The minimum atomic E-state index is -0.146. The summed E-state index contributed by atoms with van der Waals surface area (Å²) in [5.74, 6) is 0.516. The van der Waals surface area contributed by atoms with Crippen molar-refractivity contribution in [3.8, 4) is 5.75 Å². The molecule has 0 unspecified atom stereocenters. The summed E-state index contributed by atoms with van der Waals surface area (Å²) in [7, 11) is 1.59. The Kier molecular flexibility index (Phi) is 5.15. The molecule has 0 spiro atoms. The summed E-state index contributed by atoms with van der Waals surface area (Å²) in [4.78, 5) is 13.9. The number of carbonyl (C=O) groups excluding carboxylic acids is 1. The van der Waals surface area contributed by atoms with Crippen molar-refractivity contribution in [2.45, 2.75) is 6.04 Å². The second-order valence-electron chi connectivity index (χ2n) is 4.82. The molecule has 0 saturated heterocycles. The summed E-state index contributed by atoms with van der Waals surface area (Å²) in [5, 5.41) is 9.22. The van der Waals surface area contributed by atoms with Crippen LogP contribution in [0.4, 0.5) is 0 Å². The minimum Gasteiger partial charge on any atom is -0.497 e. The van der Waals surface area contributed by atoms with Gasteiger partial charge in [0.05, 0.1) is 18.7 Å². The molecule has 1 N–H and O–H groups in total. The van der Waals surface area contributed by atoms with E-state index in [1.165, 1.54) is 0 Å². The molecule has 1 amide bonds. The Morgan fingerprint density at radius 2 is 2.13 bits per heavy atom. The zero-order chi connectivity index (χ0) is 16.2. The minimum absolute atomic E-state index is 0.139. The summed E-state index contributed by atoms with van der Waals surface area (Å²) in [5.41, 5.74) is 1.64. The van der Waals surface area contributed by atoms with Gasteiger partial charge in [-0.1, -0.05) is 6.07 Å². The van der Waals surface area contributed by atoms with Crippen molar-refractivity contribution in [2.75, 3.05) is 7.11 Å². The molecule has 2 heterocycles. The third-order valence-electron chi connectivity index (χ3n) is 3.40. The molecule has 0 aliphatic rings. The van der Waals surface area contributed by atoms with E-state index in [2.05, 4.69) is 26.6 Å². The molecular formula is C17H14BrNO2S2. The van der Waals surface area contributed by atoms with Crippen molar-refractivity contribution < 1.29 is 9.53 Å². The Morgan fingerprint density at radius 1 is 1.26 bits per heavy atom. The summed E-state index contributed by atoms with van der Waals surface area (Å²) in [6.07, 6.45) is 0. The molecule has 0 bridgehead atoms. The number of methoxy groups -OCH3 is 1. The number of halogens is 1. The van der Waals surface area contributed by atoms with E-state index >= 15 is 0 Å². The Morgan fingerprint density at radius 3 is 2.78 bits per heavy atom. The highest BCUT2D eigenvalue weighted by Crippen LogP contribution is 2.29. The fourth-order valence-electron chi connectivity index (χ4n) is 2.23. The van der Waals surface area contributed by atoms with Crippen molar-refractivity contribution in [1.82, 2.24) is 5.32 Å². The van der Waals surface area contributed by atoms with Gasteiger partial charge >= 0.3 is 0 Å². The van der Waals surface area contributed by atoms with Crippen LogP contribution in [0.1, 0.15) is 26.8 Å². The van der Waals surface area contributed by atoms with Gasteiger partial charge < -0.3 is 10.1 Å². The molecular weight excluding hydrogens is 394 g/mol. The van der Waals surface area contributed by atoms with Crippen LogP contribution in [0.3, 0.4) is 0 Å². The van der Waals surface area contributed by atoms with E-state index in [0.29, 0.717) is 11.3 Å². The fraction of sp³-hybridized carbons (Fsp3) is 0.118. The normalized spacial score (nSPS) is 11.9. The molecule has 3 nitrogen and oxygen atoms in total. The third-order valence-corrected chi connectivity index (χ3v) is 5.73. The lowest BCUT2D eigenvalue weighted by Gasteiger charge is -2.17. The monoisotopic (exact) mass is 407 g/mol. The van der Waals surface area contributed by atoms with Gasteiger partial charge in [0, 0.05) is 9.35 Å². The van der Waals surface area contributed by atoms with E-state index in [1.807, 2.05) is 41.1 Å². The zero-order valence-electron chi connectivity index (χ0n) is 12.3. The van der Waals surface area contributed by atoms with Crippen LogP contribution >= 0.6 is 38.6 Å². The number of carbonyl (C=O) groups is 1. The predicted octanol–water partition coefficient (Wildman–Crippen LogP) is 5.10. The molecule has 6 heteroatoms. The maximum atomic E-state index is 12.7. The van der Waals surface area contributed by atoms with E-state index in [-0.39, 0.29) is 11.9 Å². The van der Waals surface area contributed by atoms with E-state index in [0.717, 1.165) is 14.9 Å². The lowest BCUT2D eigenvalue weighted by Crippen LogP contribution is -2.28. The number of rotatable bonds is 5. The number of ether oxygens (including phenoxy) is 1. The van der Waals surface area contributed by atoms with Gasteiger partial charge in [-0.3, -0.25) is 4.79 Å². The van der Waals surface area contributed by atoms with Crippen LogP contribution in [-0.4, -0.2) is 13.0 Å². The average molecular weight is 408 g/mol. The molecule has 0 saturated carbocycles. The topological polar surface area (TPSA) is 38.3 Å². The third kappa shape index (κ3) is 3.65. The Hall–Kier alpha value is -1.63. The van der Waals surface area contributed by atoms with Crippen LogP contribution < -0.4 is 10.1 Å². The summed E-state index contributed by atoms with van der Waals surface area (Å²) in [6, 6.07) is 11.3. The Bertz CT molecular complexity index is 751. The fourth-order valence-corrected chi connectivity index (χ4v) is 4.14. The number of hydrogen-bond acceptors (Lipinski definition) is 4. The van der Waals surface area contributed by atoms with Gasteiger partial charge in [0.1, 0.15) is 5.75 Å². The maximum Gasteiger partial charge on any atom is 0.253 e. The lowest BCUT2D eigenvalue weighted by atomic mass is 10.1. The van der Waals surface area contributed by atoms with Crippen molar-refractivity contribution >= 4 is 44.5 Å². The van der Waals surface area contributed by atoms with Gasteiger partial charge in [0.15, 0.2) is 0 Å². The molecule has 3 aromatic rings. The molecule has 1 atom stereocenters. The first-order valence-electron chi connectivity index (χ1n) is 6.89. The standard InChI is InChI=1S/C17H14BrNO2S2/c1-21-12-4-5-14(18)13(9-12)17(20)19-16(11-6-8-22-10-11)15-3-2-7-23-15/h2-10,16H,1H3,(H,19,20)/t16-/m1/s1. The second-order valence-corrected chi connectivity index (χ2v) is 7.44. The number of nitrogens with one attached hydrogen (secondary N) is 1. The second kappa shape index (κ2) is 7.29. The van der Waals surface area contributed by atoms with Crippen LogP contribution in [0, 0.1) is 0 Å². The smallest absolute Gasteiger partial charge is 0.253 e. The molecule has 0 aliphatic heterocycles. The van der Waals surface area contributed by atoms with Crippen LogP contribution in [0.25, 0.3) is 0 Å². The first kappa shape index (κ1) is 16.2. The van der Waals surface area contributed by atoms with E-state index in [1.54, 1.807) is 35.8 Å². The van der Waals surface area contributed by atoms with E-state index in [4.69, 9.17) is 4.74 Å². The largest absolute Gasteiger partial charge is 0.497 e. The summed E-state index contributed by atoms with van der Waals surface area (Å²) < 4.78 is 5.95. The average Bonchev–Trinajstić information content (AvgIpc) is 3.26. The van der Waals surface area contributed by atoms with Gasteiger partial charge in [-0.25, -0.2) is 0 Å². The van der Waals surface area contributed by atoms with E-state index < -0.39 is 0 Å². The molecule has 0 fully saturated rings. The van der Waals surface area contributed by atoms with Crippen LogP contribution in [0.2, 0.25) is 0 Å². The molecule has 0 aliphatic carbocycles.